The lowest BCUT2D eigenvalue weighted by atomic mass is 10.1. The molecule has 0 fully saturated rings. The number of benzene rings is 2. The van der Waals surface area contributed by atoms with E-state index in [1.807, 2.05) is 30.3 Å². The molecule has 0 aliphatic rings. The van der Waals surface area contributed by atoms with Crippen LogP contribution >= 0.6 is 0 Å². The maximum Gasteiger partial charge on any atom is 0.339 e. The van der Waals surface area contributed by atoms with Crippen LogP contribution in [0.4, 0.5) is 0 Å². The predicted molar refractivity (Wildman–Crippen MR) is 84.3 cm³/mol. The first-order chi connectivity index (χ1) is 11.1. The Balaban J connectivity index is 1.77. The minimum atomic E-state index is -1.17. The monoisotopic (exact) mass is 307 g/mol. The Hall–Kier alpha value is -3.21. The first-order valence-corrected chi connectivity index (χ1v) is 6.99. The van der Waals surface area contributed by atoms with Gasteiger partial charge in [-0.3, -0.25) is 0 Å². The Morgan fingerprint density at radius 3 is 2.39 bits per heavy atom. The van der Waals surface area contributed by atoms with E-state index in [1.54, 1.807) is 18.2 Å². The Morgan fingerprint density at radius 1 is 0.913 bits per heavy atom. The summed E-state index contributed by atoms with van der Waals surface area (Å²) in [6.07, 6.45) is 0. The topological polar surface area (TPSA) is 76.5 Å². The van der Waals surface area contributed by atoms with Gasteiger partial charge in [-0.25, -0.2) is 14.6 Å². The number of nitrogens with zero attached hydrogens (tertiary/aromatic N) is 1. The number of carboxylic acid groups (broad SMARTS) is 1. The minimum Gasteiger partial charge on any atom is -0.478 e. The van der Waals surface area contributed by atoms with Crippen molar-refractivity contribution in [3.05, 3.63) is 77.5 Å². The molecule has 1 heterocycles. The SMILES string of the molecule is O=C(O)c1ccccc1C(=O)OCc1ccc2ccccc2n1. The smallest absolute Gasteiger partial charge is 0.339 e. The van der Waals surface area contributed by atoms with Gasteiger partial charge in [-0.05, 0) is 24.3 Å². The molecule has 0 amide bonds. The molecule has 114 valence electrons. The van der Waals surface area contributed by atoms with Gasteiger partial charge in [-0.1, -0.05) is 36.4 Å². The van der Waals surface area contributed by atoms with Crippen molar-refractivity contribution in [3.8, 4) is 0 Å². The summed E-state index contributed by atoms with van der Waals surface area (Å²) >= 11 is 0. The van der Waals surface area contributed by atoms with Gasteiger partial charge in [-0.2, -0.15) is 0 Å². The summed E-state index contributed by atoms with van der Waals surface area (Å²) in [5, 5.41) is 10.1. The number of aromatic carboxylic acids is 1. The first-order valence-electron chi connectivity index (χ1n) is 6.99. The molecule has 0 aliphatic heterocycles. The third kappa shape index (κ3) is 3.18. The lowest BCUT2D eigenvalue weighted by molar-refractivity contribution is 0.0459. The van der Waals surface area contributed by atoms with Gasteiger partial charge in [-0.15, -0.1) is 0 Å². The van der Waals surface area contributed by atoms with Crippen LogP contribution in [0.5, 0.6) is 0 Å². The maximum atomic E-state index is 12.1. The van der Waals surface area contributed by atoms with E-state index in [4.69, 9.17) is 9.84 Å². The quantitative estimate of drug-likeness (QED) is 0.748. The van der Waals surface area contributed by atoms with Crippen molar-refractivity contribution in [1.29, 1.82) is 0 Å². The molecule has 0 saturated carbocycles. The largest absolute Gasteiger partial charge is 0.478 e. The lowest BCUT2D eigenvalue weighted by Crippen LogP contribution is -2.11. The number of para-hydroxylation sites is 1. The third-order valence-electron chi connectivity index (χ3n) is 3.38. The fraction of sp³-hybridized carbons (Fsp3) is 0.0556. The molecule has 0 unspecified atom stereocenters. The zero-order valence-corrected chi connectivity index (χ0v) is 12.1. The molecule has 0 spiro atoms. The number of carboxylic acids is 1. The van der Waals surface area contributed by atoms with Crippen LogP contribution in [0.2, 0.25) is 0 Å². The second kappa shape index (κ2) is 6.27. The normalized spacial score (nSPS) is 10.4. The van der Waals surface area contributed by atoms with Gasteiger partial charge >= 0.3 is 11.9 Å². The highest BCUT2D eigenvalue weighted by molar-refractivity contribution is 6.02. The Morgan fingerprint density at radius 2 is 1.61 bits per heavy atom. The third-order valence-corrected chi connectivity index (χ3v) is 3.38. The average Bonchev–Trinajstić information content (AvgIpc) is 2.59. The van der Waals surface area contributed by atoms with Crippen LogP contribution in [0.1, 0.15) is 26.4 Å². The summed E-state index contributed by atoms with van der Waals surface area (Å²) in [6, 6.07) is 17.3. The van der Waals surface area contributed by atoms with Crippen LogP contribution in [-0.4, -0.2) is 22.0 Å². The standard InChI is InChI=1S/C18H13NO4/c20-17(21)14-6-2-3-7-15(14)18(22)23-11-13-10-9-12-5-1-4-8-16(12)19-13/h1-10H,11H2,(H,20,21). The zero-order valence-electron chi connectivity index (χ0n) is 12.1. The number of aromatic nitrogens is 1. The molecule has 0 aliphatic carbocycles. The summed E-state index contributed by atoms with van der Waals surface area (Å²) in [7, 11) is 0. The minimum absolute atomic E-state index is 0.0162. The number of hydrogen-bond donors (Lipinski definition) is 1. The van der Waals surface area contributed by atoms with E-state index in [2.05, 4.69) is 4.98 Å². The van der Waals surface area contributed by atoms with E-state index in [0.717, 1.165) is 10.9 Å². The Labute approximate surface area is 132 Å². The summed E-state index contributed by atoms with van der Waals surface area (Å²) in [5.74, 6) is -1.85. The molecule has 3 rings (SSSR count). The fourth-order valence-corrected chi connectivity index (χ4v) is 2.25. The van der Waals surface area contributed by atoms with Crippen LogP contribution in [-0.2, 0) is 11.3 Å². The Bertz CT molecular complexity index is 889. The second-order valence-corrected chi connectivity index (χ2v) is 4.92. The van der Waals surface area contributed by atoms with Gasteiger partial charge in [0.05, 0.1) is 22.3 Å². The highest BCUT2D eigenvalue weighted by Gasteiger charge is 2.17. The summed E-state index contributed by atoms with van der Waals surface area (Å²) < 4.78 is 5.19. The molecular weight excluding hydrogens is 294 g/mol. The highest BCUT2D eigenvalue weighted by Crippen LogP contribution is 2.14. The molecule has 5 nitrogen and oxygen atoms in total. The van der Waals surface area contributed by atoms with E-state index in [-0.39, 0.29) is 17.7 Å². The molecule has 23 heavy (non-hydrogen) atoms. The number of pyridine rings is 1. The summed E-state index contributed by atoms with van der Waals surface area (Å²) in [6.45, 7) is -0.0162. The van der Waals surface area contributed by atoms with Crippen molar-refractivity contribution in [3.63, 3.8) is 0 Å². The van der Waals surface area contributed by atoms with Gasteiger partial charge < -0.3 is 9.84 Å². The van der Waals surface area contributed by atoms with Crippen molar-refractivity contribution in [2.45, 2.75) is 6.61 Å². The fourth-order valence-electron chi connectivity index (χ4n) is 2.25. The van der Waals surface area contributed by atoms with Crippen molar-refractivity contribution >= 4 is 22.8 Å². The molecule has 3 aromatic rings. The van der Waals surface area contributed by atoms with Gasteiger partial charge in [0.2, 0.25) is 0 Å². The van der Waals surface area contributed by atoms with Crippen LogP contribution in [0.25, 0.3) is 10.9 Å². The molecule has 1 N–H and O–H groups in total. The predicted octanol–water partition coefficient (Wildman–Crippen LogP) is 3.29. The van der Waals surface area contributed by atoms with Gasteiger partial charge in [0.1, 0.15) is 6.61 Å². The van der Waals surface area contributed by atoms with Crippen molar-refractivity contribution in [1.82, 2.24) is 4.98 Å². The van der Waals surface area contributed by atoms with Gasteiger partial charge in [0.15, 0.2) is 0 Å². The van der Waals surface area contributed by atoms with E-state index in [1.165, 1.54) is 12.1 Å². The number of hydrogen-bond acceptors (Lipinski definition) is 4. The number of carbonyl (C=O) groups excluding carboxylic acids is 1. The van der Waals surface area contributed by atoms with Crippen LogP contribution in [0, 0.1) is 0 Å². The Kier molecular flexibility index (Phi) is 4.01. The van der Waals surface area contributed by atoms with Gasteiger partial charge in [0.25, 0.3) is 0 Å². The van der Waals surface area contributed by atoms with E-state index >= 15 is 0 Å². The van der Waals surface area contributed by atoms with Crippen molar-refractivity contribution < 1.29 is 19.4 Å². The lowest BCUT2D eigenvalue weighted by Gasteiger charge is -2.07. The zero-order chi connectivity index (χ0) is 16.2. The first kappa shape index (κ1) is 14.7. The van der Waals surface area contributed by atoms with E-state index in [0.29, 0.717) is 5.69 Å². The van der Waals surface area contributed by atoms with E-state index in [9.17, 15) is 9.59 Å². The van der Waals surface area contributed by atoms with Gasteiger partial charge in [0, 0.05) is 5.39 Å². The number of carbonyl (C=O) groups is 2. The molecule has 0 saturated heterocycles. The summed E-state index contributed by atoms with van der Waals surface area (Å²) in [4.78, 5) is 27.6. The van der Waals surface area contributed by atoms with Crippen molar-refractivity contribution in [2.24, 2.45) is 0 Å². The second-order valence-electron chi connectivity index (χ2n) is 4.92. The van der Waals surface area contributed by atoms with Crippen LogP contribution in [0.15, 0.2) is 60.7 Å². The summed E-state index contributed by atoms with van der Waals surface area (Å²) in [5.41, 5.74) is 1.36. The number of fused-ring (bicyclic) bond motifs is 1. The molecule has 2 aromatic carbocycles. The highest BCUT2D eigenvalue weighted by atomic mass is 16.5. The molecule has 0 radical (unpaired) electrons. The number of esters is 1. The molecule has 5 heteroatoms. The molecule has 0 atom stereocenters. The molecule has 1 aromatic heterocycles. The molecular formula is C18H13NO4. The van der Waals surface area contributed by atoms with E-state index < -0.39 is 11.9 Å². The van der Waals surface area contributed by atoms with Crippen LogP contribution < -0.4 is 0 Å². The van der Waals surface area contributed by atoms with Crippen molar-refractivity contribution in [2.75, 3.05) is 0 Å². The number of ether oxygens (including phenoxy) is 1. The maximum absolute atomic E-state index is 12.1. The number of rotatable bonds is 4. The van der Waals surface area contributed by atoms with Crippen LogP contribution in [0.3, 0.4) is 0 Å². The molecule has 0 bridgehead atoms. The average molecular weight is 307 g/mol.